The predicted octanol–water partition coefficient (Wildman–Crippen LogP) is 1.67. The van der Waals surface area contributed by atoms with Crippen molar-refractivity contribution in [3.8, 4) is 0 Å². The number of amides is 1. The molecule has 1 aliphatic rings. The van der Waals surface area contributed by atoms with Crippen molar-refractivity contribution in [2.45, 2.75) is 19.9 Å². The molecule has 1 saturated heterocycles. The summed E-state index contributed by atoms with van der Waals surface area (Å²) in [6.07, 6.45) is 0. The van der Waals surface area contributed by atoms with Gasteiger partial charge in [-0.2, -0.15) is 0 Å². The number of ether oxygens (including phenoxy) is 1. The third kappa shape index (κ3) is 1.88. The molecule has 0 aliphatic carbocycles. The van der Waals surface area contributed by atoms with Crippen molar-refractivity contribution in [1.29, 1.82) is 0 Å². The van der Waals surface area contributed by atoms with Crippen LogP contribution in [0.3, 0.4) is 0 Å². The Balaban J connectivity index is 2.42. The van der Waals surface area contributed by atoms with Gasteiger partial charge in [0.25, 0.3) is 0 Å². The van der Waals surface area contributed by atoms with Crippen LogP contribution in [0, 0.1) is 11.3 Å². The van der Waals surface area contributed by atoms with Crippen molar-refractivity contribution in [1.82, 2.24) is 5.32 Å². The highest BCUT2D eigenvalue weighted by Gasteiger charge is 2.53. The summed E-state index contributed by atoms with van der Waals surface area (Å²) >= 11 is 0. The molecule has 0 aromatic heterocycles. The third-order valence-corrected chi connectivity index (χ3v) is 3.60. The van der Waals surface area contributed by atoms with Crippen molar-refractivity contribution >= 4 is 11.9 Å². The van der Waals surface area contributed by atoms with E-state index in [-0.39, 0.29) is 17.9 Å². The van der Waals surface area contributed by atoms with Crippen LogP contribution in [0.15, 0.2) is 30.3 Å². The van der Waals surface area contributed by atoms with Gasteiger partial charge in [0.05, 0.1) is 24.5 Å². The van der Waals surface area contributed by atoms with E-state index >= 15 is 0 Å². The number of methoxy groups -OCH3 is 1. The molecule has 1 fully saturated rings. The molecule has 2 rings (SSSR count). The fourth-order valence-electron chi connectivity index (χ4n) is 2.46. The quantitative estimate of drug-likeness (QED) is 0.809. The van der Waals surface area contributed by atoms with E-state index in [0.717, 1.165) is 5.56 Å². The lowest BCUT2D eigenvalue weighted by atomic mass is 9.76. The average molecular weight is 247 g/mol. The molecule has 1 amide bonds. The van der Waals surface area contributed by atoms with Gasteiger partial charge in [0.1, 0.15) is 0 Å². The number of hydrogen-bond acceptors (Lipinski definition) is 3. The van der Waals surface area contributed by atoms with Crippen molar-refractivity contribution in [3.05, 3.63) is 35.9 Å². The van der Waals surface area contributed by atoms with Crippen LogP contribution in [0.25, 0.3) is 0 Å². The van der Waals surface area contributed by atoms with Gasteiger partial charge in [-0.1, -0.05) is 44.2 Å². The van der Waals surface area contributed by atoms with Crippen LogP contribution in [0.1, 0.15) is 25.5 Å². The van der Waals surface area contributed by atoms with E-state index in [9.17, 15) is 9.59 Å². The highest BCUT2D eigenvalue weighted by Crippen LogP contribution is 2.43. The minimum absolute atomic E-state index is 0.119. The van der Waals surface area contributed by atoms with E-state index in [4.69, 9.17) is 4.74 Å². The lowest BCUT2D eigenvalue weighted by molar-refractivity contribution is -0.151. The number of carbonyl (C=O) groups is 2. The number of benzene rings is 1. The van der Waals surface area contributed by atoms with Crippen LogP contribution >= 0.6 is 0 Å². The van der Waals surface area contributed by atoms with Gasteiger partial charge in [-0.05, 0) is 5.56 Å². The Morgan fingerprint density at radius 1 is 1.28 bits per heavy atom. The molecule has 4 heteroatoms. The maximum atomic E-state index is 12.0. The SMILES string of the molecule is COC(=O)C1C(c2ccccc2)NC(=O)C1(C)C. The zero-order valence-corrected chi connectivity index (χ0v) is 10.8. The Morgan fingerprint density at radius 3 is 2.44 bits per heavy atom. The second-order valence-corrected chi connectivity index (χ2v) is 5.08. The van der Waals surface area contributed by atoms with Crippen LogP contribution in [0.4, 0.5) is 0 Å². The molecule has 96 valence electrons. The van der Waals surface area contributed by atoms with Crippen LogP contribution in [-0.2, 0) is 14.3 Å². The zero-order chi connectivity index (χ0) is 13.3. The second kappa shape index (κ2) is 4.44. The van der Waals surface area contributed by atoms with Gasteiger partial charge in [-0.15, -0.1) is 0 Å². The van der Waals surface area contributed by atoms with E-state index in [0.29, 0.717) is 0 Å². The van der Waals surface area contributed by atoms with Crippen LogP contribution in [0.5, 0.6) is 0 Å². The summed E-state index contributed by atoms with van der Waals surface area (Å²) in [5, 5.41) is 2.89. The first kappa shape index (κ1) is 12.6. The molecule has 1 heterocycles. The molecular weight excluding hydrogens is 230 g/mol. The van der Waals surface area contributed by atoms with E-state index in [2.05, 4.69) is 5.32 Å². The Hall–Kier alpha value is -1.84. The summed E-state index contributed by atoms with van der Waals surface area (Å²) in [5.41, 5.74) is 0.167. The molecule has 18 heavy (non-hydrogen) atoms. The zero-order valence-electron chi connectivity index (χ0n) is 10.8. The molecule has 0 bridgehead atoms. The standard InChI is InChI=1S/C14H17NO3/c1-14(2)10(12(16)18-3)11(15-13(14)17)9-7-5-4-6-8-9/h4-8,10-11H,1-3H3,(H,15,17). The molecule has 1 aliphatic heterocycles. The molecule has 0 radical (unpaired) electrons. The Morgan fingerprint density at radius 2 is 1.89 bits per heavy atom. The molecule has 1 aromatic rings. The van der Waals surface area contributed by atoms with Crippen LogP contribution in [0.2, 0.25) is 0 Å². The first-order chi connectivity index (χ1) is 8.48. The van der Waals surface area contributed by atoms with Gasteiger partial charge < -0.3 is 10.1 Å². The first-order valence-corrected chi connectivity index (χ1v) is 5.92. The van der Waals surface area contributed by atoms with Gasteiger partial charge >= 0.3 is 5.97 Å². The van der Waals surface area contributed by atoms with Crippen LogP contribution < -0.4 is 5.32 Å². The molecular formula is C14H17NO3. The fourth-order valence-corrected chi connectivity index (χ4v) is 2.46. The van der Waals surface area contributed by atoms with Gasteiger partial charge in [-0.3, -0.25) is 9.59 Å². The Kier molecular flexibility index (Phi) is 3.11. The number of rotatable bonds is 2. The van der Waals surface area contributed by atoms with E-state index in [1.165, 1.54) is 7.11 Å². The maximum Gasteiger partial charge on any atom is 0.312 e. The van der Waals surface area contributed by atoms with Crippen molar-refractivity contribution < 1.29 is 14.3 Å². The highest BCUT2D eigenvalue weighted by atomic mass is 16.5. The smallest absolute Gasteiger partial charge is 0.312 e. The topological polar surface area (TPSA) is 55.4 Å². The number of esters is 1. The van der Waals surface area contributed by atoms with Crippen LogP contribution in [-0.4, -0.2) is 19.0 Å². The van der Waals surface area contributed by atoms with Gasteiger partial charge in [0, 0.05) is 0 Å². The molecule has 2 unspecified atom stereocenters. The Labute approximate surface area is 106 Å². The van der Waals surface area contributed by atoms with Crippen molar-refractivity contribution in [2.24, 2.45) is 11.3 Å². The first-order valence-electron chi connectivity index (χ1n) is 5.92. The largest absolute Gasteiger partial charge is 0.469 e. The minimum atomic E-state index is -0.756. The fraction of sp³-hybridized carbons (Fsp3) is 0.429. The van der Waals surface area contributed by atoms with Gasteiger partial charge in [0.2, 0.25) is 5.91 Å². The van der Waals surface area contributed by atoms with E-state index in [1.54, 1.807) is 13.8 Å². The molecule has 2 atom stereocenters. The maximum absolute atomic E-state index is 12.0. The Bertz CT molecular complexity index is 467. The summed E-state index contributed by atoms with van der Waals surface area (Å²) in [5.74, 6) is -0.976. The molecule has 1 aromatic carbocycles. The monoisotopic (exact) mass is 247 g/mol. The summed E-state index contributed by atoms with van der Waals surface area (Å²) in [6, 6.07) is 9.17. The average Bonchev–Trinajstić information content (AvgIpc) is 2.61. The number of carbonyl (C=O) groups excluding carboxylic acids is 2. The predicted molar refractivity (Wildman–Crippen MR) is 66.6 cm³/mol. The number of hydrogen-bond donors (Lipinski definition) is 1. The summed E-state index contributed by atoms with van der Waals surface area (Å²) in [6.45, 7) is 3.54. The second-order valence-electron chi connectivity index (χ2n) is 5.08. The minimum Gasteiger partial charge on any atom is -0.469 e. The summed E-state index contributed by atoms with van der Waals surface area (Å²) in [4.78, 5) is 23.9. The summed E-state index contributed by atoms with van der Waals surface area (Å²) in [7, 11) is 1.35. The molecule has 1 N–H and O–H groups in total. The third-order valence-electron chi connectivity index (χ3n) is 3.60. The van der Waals surface area contributed by atoms with Gasteiger partial charge in [0.15, 0.2) is 0 Å². The highest BCUT2D eigenvalue weighted by molar-refractivity contribution is 5.92. The lowest BCUT2D eigenvalue weighted by Gasteiger charge is -2.24. The molecule has 0 spiro atoms. The van der Waals surface area contributed by atoms with Crippen molar-refractivity contribution in [3.63, 3.8) is 0 Å². The molecule has 0 saturated carbocycles. The lowest BCUT2D eigenvalue weighted by Crippen LogP contribution is -2.33. The van der Waals surface area contributed by atoms with E-state index < -0.39 is 11.3 Å². The summed E-state index contributed by atoms with van der Waals surface area (Å²) < 4.78 is 4.84. The number of nitrogens with one attached hydrogen (secondary N) is 1. The van der Waals surface area contributed by atoms with E-state index in [1.807, 2.05) is 30.3 Å². The van der Waals surface area contributed by atoms with Gasteiger partial charge in [-0.25, -0.2) is 0 Å². The molecule has 4 nitrogen and oxygen atoms in total. The van der Waals surface area contributed by atoms with Crippen molar-refractivity contribution in [2.75, 3.05) is 7.11 Å². The normalized spacial score (nSPS) is 25.6.